The van der Waals surface area contributed by atoms with E-state index in [0.29, 0.717) is 16.7 Å². The Kier molecular flexibility index (Phi) is 7.63. The van der Waals surface area contributed by atoms with Crippen LogP contribution < -0.4 is 5.56 Å². The molecule has 7 heteroatoms. The summed E-state index contributed by atoms with van der Waals surface area (Å²) in [5.41, 5.74) is 5.66. The van der Waals surface area contributed by atoms with E-state index in [1.165, 1.54) is 23.3 Å². The van der Waals surface area contributed by atoms with Crippen LogP contribution in [-0.4, -0.2) is 15.3 Å². The molecule has 0 saturated carbocycles. The zero-order valence-corrected chi connectivity index (χ0v) is 23.0. The van der Waals surface area contributed by atoms with Gasteiger partial charge in [0.15, 0.2) is 5.78 Å². The van der Waals surface area contributed by atoms with Crippen molar-refractivity contribution in [1.82, 2.24) is 9.55 Å². The van der Waals surface area contributed by atoms with Crippen LogP contribution in [0.4, 0.5) is 13.2 Å². The second-order valence-corrected chi connectivity index (χ2v) is 10.5. The number of pyridine rings is 2. The van der Waals surface area contributed by atoms with Gasteiger partial charge in [0.25, 0.3) is 5.56 Å². The van der Waals surface area contributed by atoms with Crippen molar-refractivity contribution in [3.8, 4) is 11.1 Å². The summed E-state index contributed by atoms with van der Waals surface area (Å²) in [5.74, 6) is -0.431. The van der Waals surface area contributed by atoms with Gasteiger partial charge in [-0.3, -0.25) is 14.6 Å². The Hall–Kier alpha value is -4.52. The number of nitrogens with zero attached hydrogens (tertiary/aromatic N) is 2. The Morgan fingerprint density at radius 1 is 0.854 bits per heavy atom. The summed E-state index contributed by atoms with van der Waals surface area (Å²) in [6, 6.07) is 22.0. The summed E-state index contributed by atoms with van der Waals surface area (Å²) < 4.78 is 41.0. The highest BCUT2D eigenvalue weighted by Gasteiger charge is 2.30. The van der Waals surface area contributed by atoms with E-state index in [4.69, 9.17) is 0 Å². The first-order chi connectivity index (χ1) is 19.5. The molecule has 2 heterocycles. The molecule has 3 aromatic carbocycles. The highest BCUT2D eigenvalue weighted by atomic mass is 19.4. The van der Waals surface area contributed by atoms with E-state index in [2.05, 4.69) is 36.2 Å². The second-order valence-electron chi connectivity index (χ2n) is 10.5. The maximum Gasteiger partial charge on any atom is 0.416 e. The van der Waals surface area contributed by atoms with Crippen LogP contribution in [0.2, 0.25) is 0 Å². The van der Waals surface area contributed by atoms with Crippen molar-refractivity contribution in [1.29, 1.82) is 0 Å². The van der Waals surface area contributed by atoms with Crippen LogP contribution in [0.3, 0.4) is 0 Å². The Labute approximate surface area is 236 Å². The van der Waals surface area contributed by atoms with Crippen molar-refractivity contribution in [3.63, 3.8) is 0 Å². The van der Waals surface area contributed by atoms with Gasteiger partial charge in [0, 0.05) is 41.9 Å². The van der Waals surface area contributed by atoms with Gasteiger partial charge in [-0.2, -0.15) is 13.2 Å². The summed E-state index contributed by atoms with van der Waals surface area (Å²) in [6.07, 6.45) is -1.25. The first-order valence-corrected chi connectivity index (χ1v) is 13.3. The van der Waals surface area contributed by atoms with Gasteiger partial charge in [-0.25, -0.2) is 0 Å². The molecule has 0 atom stereocenters. The van der Waals surface area contributed by atoms with Crippen LogP contribution in [0.15, 0.2) is 89.9 Å². The molecule has 0 fully saturated rings. The van der Waals surface area contributed by atoms with E-state index in [0.717, 1.165) is 47.1 Å². The van der Waals surface area contributed by atoms with Gasteiger partial charge in [-0.1, -0.05) is 60.2 Å². The van der Waals surface area contributed by atoms with Gasteiger partial charge in [-0.05, 0) is 73.2 Å². The predicted octanol–water partition coefficient (Wildman–Crippen LogP) is 7.45. The number of carbonyl (C=O) groups is 1. The average molecular weight is 555 g/mol. The molecule has 0 aliphatic carbocycles. The molecule has 0 spiro atoms. The zero-order valence-electron chi connectivity index (χ0n) is 23.0. The van der Waals surface area contributed by atoms with Gasteiger partial charge in [0.1, 0.15) is 0 Å². The fourth-order valence-electron chi connectivity index (χ4n) is 4.99. The molecule has 0 amide bonds. The standard InChI is InChI=1S/C34H29F3N2O2/c1-21-7-10-23(11-8-21)13-14-28-19-31-26(20-38-28)18-30(33(41)39(31)3)29-15-24(12-9-22(29)2)16-32(40)25-5-4-6-27(17-25)34(35,36)37/h4-12,15,17-20H,13-14,16H2,1-3H3. The topological polar surface area (TPSA) is 52.0 Å². The number of benzene rings is 3. The van der Waals surface area contributed by atoms with Gasteiger partial charge in [0.2, 0.25) is 0 Å². The minimum absolute atomic E-state index is 0.00664. The Morgan fingerprint density at radius 2 is 1.59 bits per heavy atom. The number of Topliss-reactive ketones (excluding diaryl/α,β-unsaturated/α-hetero) is 1. The third-order valence-electron chi connectivity index (χ3n) is 7.42. The van der Waals surface area contributed by atoms with Crippen LogP contribution in [0, 0.1) is 13.8 Å². The molecule has 4 nitrogen and oxygen atoms in total. The fourth-order valence-corrected chi connectivity index (χ4v) is 4.99. The lowest BCUT2D eigenvalue weighted by atomic mass is 9.94. The van der Waals surface area contributed by atoms with E-state index < -0.39 is 17.5 Å². The first kappa shape index (κ1) is 28.0. The lowest BCUT2D eigenvalue weighted by molar-refractivity contribution is -0.137. The molecule has 0 saturated heterocycles. The van der Waals surface area contributed by atoms with Gasteiger partial charge in [0.05, 0.1) is 11.1 Å². The third-order valence-corrected chi connectivity index (χ3v) is 7.42. The van der Waals surface area contributed by atoms with Crippen LogP contribution >= 0.6 is 0 Å². The molecule has 208 valence electrons. The maximum atomic E-state index is 13.5. The molecule has 2 aromatic heterocycles. The van der Waals surface area contributed by atoms with Gasteiger partial charge in [-0.15, -0.1) is 0 Å². The Balaban J connectivity index is 1.42. The number of ketones is 1. The minimum atomic E-state index is -4.53. The maximum absolute atomic E-state index is 13.5. The molecule has 0 bridgehead atoms. The number of carbonyl (C=O) groups excluding carboxylic acids is 1. The number of rotatable bonds is 7. The molecular formula is C34H29F3N2O2. The highest BCUT2D eigenvalue weighted by molar-refractivity contribution is 5.98. The molecule has 0 radical (unpaired) electrons. The number of halogens is 3. The molecule has 0 aliphatic rings. The zero-order chi connectivity index (χ0) is 29.3. The quantitative estimate of drug-likeness (QED) is 0.196. The number of alkyl halides is 3. The monoisotopic (exact) mass is 554 g/mol. The normalized spacial score (nSPS) is 11.7. The molecule has 5 aromatic rings. The number of aryl methyl sites for hydroxylation is 5. The van der Waals surface area contributed by atoms with E-state index in [1.54, 1.807) is 29.9 Å². The summed E-state index contributed by atoms with van der Waals surface area (Å²) in [7, 11) is 1.73. The summed E-state index contributed by atoms with van der Waals surface area (Å²) in [4.78, 5) is 31.0. The van der Waals surface area contributed by atoms with Crippen molar-refractivity contribution >= 4 is 16.7 Å². The highest BCUT2D eigenvalue weighted by Crippen LogP contribution is 2.30. The van der Waals surface area contributed by atoms with Gasteiger partial charge >= 0.3 is 6.18 Å². The second kappa shape index (κ2) is 11.2. The molecular weight excluding hydrogens is 525 g/mol. The summed E-state index contributed by atoms with van der Waals surface area (Å²) in [5, 5.41) is 0.811. The molecule has 0 N–H and O–H groups in total. The lowest BCUT2D eigenvalue weighted by Crippen LogP contribution is -2.19. The van der Waals surface area contributed by atoms with E-state index in [9.17, 15) is 22.8 Å². The largest absolute Gasteiger partial charge is 0.416 e. The molecule has 0 aliphatic heterocycles. The SMILES string of the molecule is Cc1ccc(CCc2cc3c(cn2)cc(-c2cc(CC(=O)c4cccc(C(F)(F)F)c4)ccc2C)c(=O)n3C)cc1. The van der Waals surface area contributed by atoms with Crippen molar-refractivity contribution in [3.05, 3.63) is 134 Å². The smallest absolute Gasteiger partial charge is 0.311 e. The Bertz CT molecular complexity index is 1820. The lowest BCUT2D eigenvalue weighted by Gasteiger charge is -2.13. The molecule has 5 rings (SSSR count). The van der Waals surface area contributed by atoms with Gasteiger partial charge < -0.3 is 4.57 Å². The van der Waals surface area contributed by atoms with Crippen molar-refractivity contribution in [2.24, 2.45) is 7.05 Å². The van der Waals surface area contributed by atoms with E-state index in [-0.39, 0.29) is 17.5 Å². The fraction of sp³-hybridized carbons (Fsp3) is 0.206. The third kappa shape index (κ3) is 6.14. The van der Waals surface area contributed by atoms with E-state index >= 15 is 0 Å². The summed E-state index contributed by atoms with van der Waals surface area (Å²) >= 11 is 0. The number of fused-ring (bicyclic) bond motifs is 1. The van der Waals surface area contributed by atoms with Crippen LogP contribution in [0.25, 0.3) is 22.0 Å². The average Bonchev–Trinajstić information content (AvgIpc) is 2.95. The minimum Gasteiger partial charge on any atom is -0.311 e. The van der Waals surface area contributed by atoms with Crippen LogP contribution in [0.1, 0.15) is 43.9 Å². The first-order valence-electron chi connectivity index (χ1n) is 13.3. The number of hydrogen-bond donors (Lipinski definition) is 0. The van der Waals surface area contributed by atoms with Crippen LogP contribution in [0.5, 0.6) is 0 Å². The summed E-state index contributed by atoms with van der Waals surface area (Å²) in [6.45, 7) is 3.94. The van der Waals surface area contributed by atoms with Crippen molar-refractivity contribution in [2.75, 3.05) is 0 Å². The molecule has 0 unspecified atom stereocenters. The Morgan fingerprint density at radius 3 is 2.32 bits per heavy atom. The number of hydrogen-bond acceptors (Lipinski definition) is 3. The predicted molar refractivity (Wildman–Crippen MR) is 155 cm³/mol. The molecule has 41 heavy (non-hydrogen) atoms. The van der Waals surface area contributed by atoms with Crippen LogP contribution in [-0.2, 0) is 32.5 Å². The van der Waals surface area contributed by atoms with Crippen molar-refractivity contribution < 1.29 is 18.0 Å². The number of aromatic nitrogens is 2. The van der Waals surface area contributed by atoms with Crippen molar-refractivity contribution in [2.45, 2.75) is 39.3 Å². The van der Waals surface area contributed by atoms with E-state index in [1.807, 2.05) is 25.1 Å².